The first kappa shape index (κ1) is 18.0. The van der Waals surface area contributed by atoms with Gasteiger partial charge in [-0.05, 0) is 13.8 Å². The highest BCUT2D eigenvalue weighted by Gasteiger charge is 2.37. The van der Waals surface area contributed by atoms with E-state index < -0.39 is 35.1 Å². The molecule has 0 heterocycles. The highest BCUT2D eigenvalue weighted by Crippen LogP contribution is 2.25. The lowest BCUT2D eigenvalue weighted by Gasteiger charge is -2.27. The average molecular weight is 347 g/mol. The number of nitrogens with one attached hydrogen (secondary N) is 1. The minimum absolute atomic E-state index is 0.0221. The number of rotatable bonds is 3. The van der Waals surface area contributed by atoms with Crippen LogP contribution in [0.3, 0.4) is 0 Å². The first-order valence-corrected chi connectivity index (χ1v) is 7.50. The molecule has 2 amide bonds. The molecule has 1 aromatic rings. The molecular weight excluding hydrogens is 330 g/mol. The Kier molecular flexibility index (Phi) is 5.38. The van der Waals surface area contributed by atoms with E-state index in [1.54, 1.807) is 26.0 Å². The number of hydrogen-bond acceptors (Lipinski definition) is 7. The van der Waals surface area contributed by atoms with E-state index in [1.165, 1.54) is 12.1 Å². The van der Waals surface area contributed by atoms with Crippen LogP contribution in [0.5, 0.6) is 0 Å². The molecule has 0 fully saturated rings. The molecule has 0 radical (unpaired) electrons. The molecule has 0 unspecified atom stereocenters. The summed E-state index contributed by atoms with van der Waals surface area (Å²) >= 11 is 0. The molecule has 1 aromatic carbocycles. The third kappa shape index (κ3) is 3.44. The SMILES string of the molecule is CCOC(=O)NN(C(=O)OCC)C1=C(N)C(=O)c2ccccc2C1=O. The number of benzene rings is 1. The lowest BCUT2D eigenvalue weighted by Crippen LogP contribution is -2.50. The Labute approximate surface area is 143 Å². The van der Waals surface area contributed by atoms with Gasteiger partial charge >= 0.3 is 12.2 Å². The number of nitrogens with zero attached hydrogens (tertiary/aromatic N) is 1. The minimum Gasteiger partial charge on any atom is -0.449 e. The van der Waals surface area contributed by atoms with Crippen LogP contribution < -0.4 is 11.2 Å². The van der Waals surface area contributed by atoms with Gasteiger partial charge in [-0.25, -0.2) is 15.0 Å². The van der Waals surface area contributed by atoms with Gasteiger partial charge in [0.2, 0.25) is 11.6 Å². The van der Waals surface area contributed by atoms with E-state index in [4.69, 9.17) is 15.2 Å². The quantitative estimate of drug-likeness (QED) is 0.790. The zero-order chi connectivity index (χ0) is 18.6. The fourth-order valence-corrected chi connectivity index (χ4v) is 2.24. The predicted molar refractivity (Wildman–Crippen MR) is 85.3 cm³/mol. The number of nitrogens with two attached hydrogens (primary N) is 1. The predicted octanol–water partition coefficient (Wildman–Crippen LogP) is 1.36. The van der Waals surface area contributed by atoms with E-state index in [2.05, 4.69) is 5.43 Å². The van der Waals surface area contributed by atoms with Crippen LogP contribution >= 0.6 is 0 Å². The van der Waals surface area contributed by atoms with E-state index in [0.717, 1.165) is 0 Å². The summed E-state index contributed by atoms with van der Waals surface area (Å²) in [7, 11) is 0. The second kappa shape index (κ2) is 7.47. The number of ether oxygens (including phenoxy) is 2. The van der Waals surface area contributed by atoms with Crippen molar-refractivity contribution in [3.05, 3.63) is 46.8 Å². The van der Waals surface area contributed by atoms with Gasteiger partial charge in [-0.2, -0.15) is 5.01 Å². The zero-order valence-electron chi connectivity index (χ0n) is 13.7. The van der Waals surface area contributed by atoms with Gasteiger partial charge in [-0.15, -0.1) is 0 Å². The monoisotopic (exact) mass is 347 g/mol. The number of fused-ring (bicyclic) bond motifs is 1. The Balaban J connectivity index is 2.50. The molecule has 3 N–H and O–H groups in total. The van der Waals surface area contributed by atoms with Crippen molar-refractivity contribution in [3.8, 4) is 0 Å². The summed E-state index contributed by atoms with van der Waals surface area (Å²) in [4.78, 5) is 49.0. The molecule has 0 saturated heterocycles. The molecule has 132 valence electrons. The smallest absolute Gasteiger partial charge is 0.433 e. The molecule has 9 heteroatoms. The van der Waals surface area contributed by atoms with Crippen LogP contribution in [-0.4, -0.2) is 42.0 Å². The van der Waals surface area contributed by atoms with Gasteiger partial charge in [0, 0.05) is 11.1 Å². The molecule has 0 bridgehead atoms. The first-order chi connectivity index (χ1) is 11.9. The molecule has 0 aliphatic heterocycles. The van der Waals surface area contributed by atoms with Crippen molar-refractivity contribution in [2.24, 2.45) is 5.73 Å². The van der Waals surface area contributed by atoms with Gasteiger partial charge in [0.25, 0.3) is 0 Å². The number of hydrazine groups is 1. The van der Waals surface area contributed by atoms with Crippen molar-refractivity contribution in [2.45, 2.75) is 13.8 Å². The van der Waals surface area contributed by atoms with Crippen molar-refractivity contribution in [2.75, 3.05) is 13.2 Å². The molecule has 1 aliphatic rings. The third-order valence-corrected chi connectivity index (χ3v) is 3.28. The second-order valence-corrected chi connectivity index (χ2v) is 4.83. The van der Waals surface area contributed by atoms with E-state index in [-0.39, 0.29) is 24.3 Å². The van der Waals surface area contributed by atoms with Gasteiger partial charge < -0.3 is 15.2 Å². The lowest BCUT2D eigenvalue weighted by molar-refractivity contribution is 0.0766. The largest absolute Gasteiger partial charge is 0.449 e. The van der Waals surface area contributed by atoms with Crippen LogP contribution in [0.25, 0.3) is 0 Å². The zero-order valence-corrected chi connectivity index (χ0v) is 13.7. The number of hydrogen-bond donors (Lipinski definition) is 2. The Hall–Kier alpha value is -3.36. The molecule has 1 aliphatic carbocycles. The molecule has 0 spiro atoms. The number of ketones is 2. The maximum Gasteiger partial charge on any atom is 0.433 e. The number of Topliss-reactive ketones (excluding diaryl/α,β-unsaturated/α-hetero) is 2. The van der Waals surface area contributed by atoms with Crippen molar-refractivity contribution < 1.29 is 28.7 Å². The lowest BCUT2D eigenvalue weighted by atomic mass is 9.90. The molecule has 2 rings (SSSR count). The van der Waals surface area contributed by atoms with Crippen molar-refractivity contribution in [1.29, 1.82) is 0 Å². The topological polar surface area (TPSA) is 128 Å². The van der Waals surface area contributed by atoms with Crippen molar-refractivity contribution in [3.63, 3.8) is 0 Å². The molecule has 9 nitrogen and oxygen atoms in total. The van der Waals surface area contributed by atoms with Crippen LogP contribution in [0, 0.1) is 0 Å². The number of allylic oxidation sites excluding steroid dienone is 2. The summed E-state index contributed by atoms with van der Waals surface area (Å²) in [6.45, 7) is 3.12. The highest BCUT2D eigenvalue weighted by atomic mass is 16.6. The molecule has 0 aromatic heterocycles. The van der Waals surface area contributed by atoms with Crippen LogP contribution in [-0.2, 0) is 9.47 Å². The maximum absolute atomic E-state index is 12.7. The van der Waals surface area contributed by atoms with Crippen LogP contribution in [0.1, 0.15) is 34.6 Å². The summed E-state index contributed by atoms with van der Waals surface area (Å²) in [6, 6.07) is 6.03. The fourth-order valence-electron chi connectivity index (χ4n) is 2.24. The summed E-state index contributed by atoms with van der Waals surface area (Å²) in [5.74, 6) is -1.33. The maximum atomic E-state index is 12.7. The normalized spacial score (nSPS) is 13.2. The summed E-state index contributed by atoms with van der Waals surface area (Å²) in [5, 5.41) is 0.493. The Morgan fingerprint density at radius 2 is 1.60 bits per heavy atom. The van der Waals surface area contributed by atoms with E-state index in [1.807, 2.05) is 0 Å². The molecular formula is C16H17N3O6. The molecule has 25 heavy (non-hydrogen) atoms. The van der Waals surface area contributed by atoms with Crippen LogP contribution in [0.15, 0.2) is 35.7 Å². The van der Waals surface area contributed by atoms with Gasteiger partial charge in [0.05, 0.1) is 13.2 Å². The molecule has 0 atom stereocenters. The van der Waals surface area contributed by atoms with Crippen LogP contribution in [0.4, 0.5) is 9.59 Å². The van der Waals surface area contributed by atoms with Crippen molar-refractivity contribution in [1.82, 2.24) is 10.4 Å². The van der Waals surface area contributed by atoms with Gasteiger partial charge in [-0.1, -0.05) is 24.3 Å². The second-order valence-electron chi connectivity index (χ2n) is 4.83. The highest BCUT2D eigenvalue weighted by molar-refractivity contribution is 6.27. The van der Waals surface area contributed by atoms with E-state index in [0.29, 0.717) is 5.01 Å². The van der Waals surface area contributed by atoms with Crippen molar-refractivity contribution >= 4 is 23.8 Å². The van der Waals surface area contributed by atoms with Crippen LogP contribution in [0.2, 0.25) is 0 Å². The van der Waals surface area contributed by atoms with E-state index in [9.17, 15) is 19.2 Å². The van der Waals surface area contributed by atoms with E-state index >= 15 is 0 Å². The minimum atomic E-state index is -1.07. The standard InChI is InChI=1S/C16H17N3O6/c1-3-24-15(22)18-19(16(23)25-4-2)12-11(17)13(20)9-7-5-6-8-10(9)14(12)21/h5-8H,3-4,17H2,1-2H3,(H,18,22). The third-order valence-electron chi connectivity index (χ3n) is 3.28. The summed E-state index contributed by atoms with van der Waals surface area (Å²) < 4.78 is 9.52. The Morgan fingerprint density at radius 1 is 1.04 bits per heavy atom. The Bertz CT molecular complexity index is 771. The average Bonchev–Trinajstić information content (AvgIpc) is 2.59. The first-order valence-electron chi connectivity index (χ1n) is 7.50. The Morgan fingerprint density at radius 3 is 2.16 bits per heavy atom. The fraction of sp³-hybridized carbons (Fsp3) is 0.250. The van der Waals surface area contributed by atoms with Gasteiger partial charge in [0.15, 0.2) is 0 Å². The summed E-state index contributed by atoms with van der Waals surface area (Å²) in [5.41, 5.74) is 7.07. The number of carbonyl (C=O) groups is 4. The van der Waals surface area contributed by atoms with Gasteiger partial charge in [-0.3, -0.25) is 9.59 Å². The number of carbonyl (C=O) groups excluding carboxylic acids is 4. The number of amides is 2. The van der Waals surface area contributed by atoms with Gasteiger partial charge in [0.1, 0.15) is 11.4 Å². The summed E-state index contributed by atoms with van der Waals surface area (Å²) in [6.07, 6.45) is -2.08. The molecule has 0 saturated carbocycles.